The van der Waals surface area contributed by atoms with Crippen LogP contribution in [0.1, 0.15) is 412 Å². The van der Waals surface area contributed by atoms with Gasteiger partial charge < -0.3 is 20.1 Å². The Labute approximate surface area is 577 Å². The van der Waals surface area contributed by atoms with Crippen LogP contribution in [0, 0.1) is 0 Å². The summed E-state index contributed by atoms with van der Waals surface area (Å²) >= 11 is 0. The minimum absolute atomic E-state index is 0.0553. The summed E-state index contributed by atoms with van der Waals surface area (Å²) in [5.41, 5.74) is 5.42. The number of allylic oxidation sites excluding steroid dienone is 12. The average molecular weight is 1330 g/mol. The van der Waals surface area contributed by atoms with Crippen LogP contribution < -0.4 is 5.73 Å². The summed E-state index contributed by atoms with van der Waals surface area (Å²) < 4.78 is 33.3. The zero-order valence-electron chi connectivity index (χ0n) is 61.5. The molecule has 0 radical (unpaired) electrons. The van der Waals surface area contributed by atoms with Gasteiger partial charge in [0.1, 0.15) is 6.61 Å². The largest absolute Gasteiger partial charge is 0.472 e. The van der Waals surface area contributed by atoms with Crippen molar-refractivity contribution in [1.29, 1.82) is 0 Å². The molecule has 0 bridgehead atoms. The lowest BCUT2D eigenvalue weighted by Crippen LogP contribution is -2.29. The van der Waals surface area contributed by atoms with E-state index in [1.54, 1.807) is 0 Å². The summed E-state index contributed by atoms with van der Waals surface area (Å²) in [6.07, 6.45) is 105. The minimum atomic E-state index is -4.40. The van der Waals surface area contributed by atoms with Gasteiger partial charge in [0.2, 0.25) is 0 Å². The van der Waals surface area contributed by atoms with Crippen LogP contribution in [-0.4, -0.2) is 49.3 Å². The molecule has 0 saturated heterocycles. The maximum absolute atomic E-state index is 12.8. The molecule has 0 aliphatic rings. The lowest BCUT2D eigenvalue weighted by atomic mass is 10.0. The maximum atomic E-state index is 12.8. The van der Waals surface area contributed by atoms with Gasteiger partial charge in [-0.3, -0.25) is 18.6 Å². The number of hydrogen-bond acceptors (Lipinski definition) is 8. The van der Waals surface area contributed by atoms with E-state index in [0.717, 1.165) is 64.2 Å². The maximum Gasteiger partial charge on any atom is 0.472 e. The number of ether oxygens (including phenoxy) is 2. The third kappa shape index (κ3) is 78.3. The minimum Gasteiger partial charge on any atom is -0.462 e. The number of esters is 2. The molecule has 0 aromatic rings. The van der Waals surface area contributed by atoms with Crippen molar-refractivity contribution in [2.75, 3.05) is 26.4 Å². The quantitative estimate of drug-likeness (QED) is 0.0264. The second-order valence-corrected chi connectivity index (χ2v) is 28.7. The SMILES string of the molecule is CC/C=C\C/C=C\C/C=C\C/C=C\CCCCCCCCCCCCCCCCCCCCCCCCCCCCC(=O)OC(COC(=O)CCCCCCCCCCCCCCCCCCCCCCC/C=C\C/C=C\CCCCCCC)COP(=O)(O)OCCN. The van der Waals surface area contributed by atoms with Gasteiger partial charge in [0.25, 0.3) is 0 Å². The summed E-state index contributed by atoms with van der Waals surface area (Å²) in [7, 11) is -4.40. The number of phosphoric acid groups is 1. The average Bonchev–Trinajstić information content (AvgIpc) is 3.60. The van der Waals surface area contributed by atoms with Crippen molar-refractivity contribution in [3.8, 4) is 0 Å². The molecule has 93 heavy (non-hydrogen) atoms. The molecule has 0 heterocycles. The van der Waals surface area contributed by atoms with Gasteiger partial charge in [-0.05, 0) is 83.5 Å². The Morgan fingerprint density at radius 2 is 0.591 bits per heavy atom. The molecule has 3 N–H and O–H groups in total. The molecule has 0 saturated carbocycles. The summed E-state index contributed by atoms with van der Waals surface area (Å²) in [4.78, 5) is 35.5. The smallest absolute Gasteiger partial charge is 0.462 e. The fraction of sp³-hybridized carbons (Fsp3) is 0.831. The van der Waals surface area contributed by atoms with Crippen molar-refractivity contribution in [3.05, 3.63) is 72.9 Å². The lowest BCUT2D eigenvalue weighted by molar-refractivity contribution is -0.161. The molecule has 2 unspecified atom stereocenters. The molecular formula is C83H154NO8P. The van der Waals surface area contributed by atoms with E-state index in [1.807, 2.05) is 0 Å². The van der Waals surface area contributed by atoms with Crippen molar-refractivity contribution in [3.63, 3.8) is 0 Å². The molecule has 0 aliphatic heterocycles. The molecule has 9 nitrogen and oxygen atoms in total. The number of phosphoric ester groups is 1. The van der Waals surface area contributed by atoms with Crippen LogP contribution in [0.25, 0.3) is 0 Å². The Kier molecular flexibility index (Phi) is 76.3. The van der Waals surface area contributed by atoms with Gasteiger partial charge in [-0.2, -0.15) is 0 Å². The Morgan fingerprint density at radius 3 is 0.882 bits per heavy atom. The Hall–Kier alpha value is -2.55. The van der Waals surface area contributed by atoms with Gasteiger partial charge in [0, 0.05) is 19.4 Å². The standard InChI is InChI=1S/C83H154NO8P/c1-3-5-7-9-11-13-15-17-19-21-23-25-27-29-31-33-35-37-38-39-40-41-42-44-46-48-50-52-54-56-58-60-62-64-66-68-70-72-74-76-83(86)92-81(80-91-93(87,88)90-78-77-84)79-89-82(85)75-73-71-69-67-65-63-61-59-57-55-53-51-49-47-45-43-36-34-32-30-28-26-24-22-20-18-16-14-12-10-8-6-4-2/h5,7,11,13,16-19,22-25,81H,3-4,6,8-10,12,14-15,20-21,26-80,84H2,1-2H3,(H,87,88)/b7-5-,13-11-,18-16-,19-17-,24-22-,25-23-. The highest BCUT2D eigenvalue weighted by atomic mass is 31.2. The normalized spacial score (nSPS) is 13.2. The molecule has 544 valence electrons. The Balaban J connectivity index is 3.75. The van der Waals surface area contributed by atoms with Gasteiger partial charge in [0.05, 0.1) is 13.2 Å². The van der Waals surface area contributed by atoms with Crippen LogP contribution in [0.3, 0.4) is 0 Å². The van der Waals surface area contributed by atoms with E-state index in [4.69, 9.17) is 24.3 Å². The number of carbonyl (C=O) groups is 2. The third-order valence-corrected chi connectivity index (χ3v) is 19.1. The van der Waals surface area contributed by atoms with E-state index < -0.39 is 26.5 Å². The molecular weight excluding hydrogens is 1170 g/mol. The van der Waals surface area contributed by atoms with Gasteiger partial charge >= 0.3 is 19.8 Å². The van der Waals surface area contributed by atoms with E-state index >= 15 is 0 Å². The van der Waals surface area contributed by atoms with Crippen LogP contribution in [0.2, 0.25) is 0 Å². The molecule has 0 amide bonds. The zero-order chi connectivity index (χ0) is 67.2. The van der Waals surface area contributed by atoms with Crippen LogP contribution in [0.15, 0.2) is 72.9 Å². The molecule has 0 fully saturated rings. The van der Waals surface area contributed by atoms with Gasteiger partial charge in [-0.1, -0.05) is 389 Å². The van der Waals surface area contributed by atoms with E-state index in [0.29, 0.717) is 6.42 Å². The first-order chi connectivity index (χ1) is 45.8. The van der Waals surface area contributed by atoms with Gasteiger partial charge in [-0.15, -0.1) is 0 Å². The van der Waals surface area contributed by atoms with E-state index in [2.05, 4.69) is 86.8 Å². The lowest BCUT2D eigenvalue weighted by Gasteiger charge is -2.19. The van der Waals surface area contributed by atoms with Crippen molar-refractivity contribution in [2.24, 2.45) is 5.73 Å². The number of nitrogens with two attached hydrogens (primary N) is 1. The second-order valence-electron chi connectivity index (χ2n) is 27.3. The third-order valence-electron chi connectivity index (χ3n) is 18.1. The first-order valence-corrected chi connectivity index (χ1v) is 41.9. The van der Waals surface area contributed by atoms with Gasteiger partial charge in [-0.25, -0.2) is 4.57 Å². The predicted octanol–water partition coefficient (Wildman–Crippen LogP) is 27.1. The van der Waals surface area contributed by atoms with Crippen LogP contribution >= 0.6 is 7.82 Å². The molecule has 2 atom stereocenters. The van der Waals surface area contributed by atoms with Crippen LogP contribution in [0.5, 0.6) is 0 Å². The predicted molar refractivity (Wildman–Crippen MR) is 404 cm³/mol. The highest BCUT2D eigenvalue weighted by molar-refractivity contribution is 7.47. The first kappa shape index (κ1) is 90.5. The second kappa shape index (κ2) is 78.4. The zero-order valence-corrected chi connectivity index (χ0v) is 62.4. The molecule has 0 aliphatic carbocycles. The summed E-state index contributed by atoms with van der Waals surface area (Å²) in [5, 5.41) is 0. The summed E-state index contributed by atoms with van der Waals surface area (Å²) in [6.45, 7) is 3.69. The van der Waals surface area contributed by atoms with Crippen molar-refractivity contribution >= 4 is 19.8 Å². The topological polar surface area (TPSA) is 134 Å². The number of unbranched alkanes of at least 4 members (excludes halogenated alkanes) is 52. The van der Waals surface area contributed by atoms with E-state index in [9.17, 15) is 19.0 Å². The molecule has 10 heteroatoms. The highest BCUT2D eigenvalue weighted by Gasteiger charge is 2.26. The summed E-state index contributed by atoms with van der Waals surface area (Å²) in [6, 6.07) is 0. The monoisotopic (exact) mass is 1320 g/mol. The highest BCUT2D eigenvalue weighted by Crippen LogP contribution is 2.43. The van der Waals surface area contributed by atoms with Crippen LogP contribution in [-0.2, 0) is 32.7 Å². The molecule has 0 aromatic carbocycles. The Bertz CT molecular complexity index is 1760. The number of rotatable bonds is 77. The number of carbonyl (C=O) groups excluding carboxylic acids is 2. The Morgan fingerprint density at radius 1 is 0.333 bits per heavy atom. The first-order valence-electron chi connectivity index (χ1n) is 40.4. The number of hydrogen-bond donors (Lipinski definition) is 2. The molecule has 0 spiro atoms. The molecule has 0 rings (SSSR count). The van der Waals surface area contributed by atoms with E-state index in [-0.39, 0.29) is 38.6 Å². The van der Waals surface area contributed by atoms with Crippen LogP contribution in [0.4, 0.5) is 0 Å². The fourth-order valence-corrected chi connectivity index (χ4v) is 12.9. The summed E-state index contributed by atoms with van der Waals surface area (Å²) in [5.74, 6) is -0.804. The van der Waals surface area contributed by atoms with E-state index in [1.165, 1.54) is 315 Å². The fourth-order valence-electron chi connectivity index (χ4n) is 12.1. The van der Waals surface area contributed by atoms with Crippen molar-refractivity contribution in [1.82, 2.24) is 0 Å². The van der Waals surface area contributed by atoms with Crippen molar-refractivity contribution < 1.29 is 37.6 Å². The van der Waals surface area contributed by atoms with Gasteiger partial charge in [0.15, 0.2) is 6.10 Å². The molecule has 0 aromatic heterocycles. The van der Waals surface area contributed by atoms with Crippen molar-refractivity contribution in [2.45, 2.75) is 418 Å².